The number of nitrogens with one attached hydrogen (secondary N) is 1. The molecule has 1 aromatic carbocycles. The van der Waals surface area contributed by atoms with Crippen molar-refractivity contribution in [3.05, 3.63) is 45.8 Å². The molecular formula is C15H21F3N4O. The highest BCUT2D eigenvalue weighted by atomic mass is 19.4. The van der Waals surface area contributed by atoms with Crippen molar-refractivity contribution in [3.8, 4) is 0 Å². The molecule has 0 saturated carbocycles. The Morgan fingerprint density at radius 1 is 1.30 bits per heavy atom. The zero-order chi connectivity index (χ0) is 17.5. The van der Waals surface area contributed by atoms with Crippen molar-refractivity contribution in [2.75, 3.05) is 13.1 Å². The predicted molar refractivity (Wildman–Crippen MR) is 81.8 cm³/mol. The van der Waals surface area contributed by atoms with Gasteiger partial charge in [-0.05, 0) is 36.0 Å². The van der Waals surface area contributed by atoms with Crippen LogP contribution in [0.4, 0.5) is 13.2 Å². The molecule has 128 valence electrons. The molecule has 0 heterocycles. The van der Waals surface area contributed by atoms with E-state index in [4.69, 9.17) is 5.53 Å². The van der Waals surface area contributed by atoms with Crippen LogP contribution in [-0.2, 0) is 12.6 Å². The molecule has 0 aliphatic carbocycles. The Labute approximate surface area is 133 Å². The molecule has 5 nitrogen and oxygen atoms in total. The molecule has 2 unspecified atom stereocenters. The van der Waals surface area contributed by atoms with Gasteiger partial charge < -0.3 is 10.4 Å². The van der Waals surface area contributed by atoms with Gasteiger partial charge in [-0.2, -0.15) is 13.2 Å². The third kappa shape index (κ3) is 6.90. The number of aliphatic hydroxyl groups is 1. The maximum atomic E-state index is 12.7. The fourth-order valence-electron chi connectivity index (χ4n) is 2.09. The number of hydrogen-bond acceptors (Lipinski definition) is 3. The van der Waals surface area contributed by atoms with E-state index in [-0.39, 0.29) is 13.0 Å². The summed E-state index contributed by atoms with van der Waals surface area (Å²) in [5.74, 6) is 0.392. The van der Waals surface area contributed by atoms with Crippen molar-refractivity contribution in [2.24, 2.45) is 11.0 Å². The van der Waals surface area contributed by atoms with E-state index in [1.165, 1.54) is 12.1 Å². The summed E-state index contributed by atoms with van der Waals surface area (Å²) >= 11 is 0. The van der Waals surface area contributed by atoms with Gasteiger partial charge in [0.15, 0.2) is 0 Å². The topological polar surface area (TPSA) is 81.0 Å². The van der Waals surface area contributed by atoms with Crippen LogP contribution in [0.2, 0.25) is 0 Å². The molecule has 0 aromatic heterocycles. The molecule has 0 aliphatic heterocycles. The lowest BCUT2D eigenvalue weighted by Gasteiger charge is -2.20. The molecule has 0 spiro atoms. The molecule has 0 radical (unpaired) electrons. The van der Waals surface area contributed by atoms with E-state index in [1.807, 2.05) is 13.8 Å². The van der Waals surface area contributed by atoms with Crippen LogP contribution in [0.15, 0.2) is 29.4 Å². The summed E-state index contributed by atoms with van der Waals surface area (Å²) in [6.07, 6.45) is -5.36. The number of nitrogens with zero attached hydrogens (tertiary/aromatic N) is 3. The highest BCUT2D eigenvalue weighted by molar-refractivity contribution is 5.26. The van der Waals surface area contributed by atoms with E-state index in [0.717, 1.165) is 12.1 Å². The summed E-state index contributed by atoms with van der Waals surface area (Å²) < 4.78 is 38.1. The average Bonchev–Trinajstić information content (AvgIpc) is 2.45. The van der Waals surface area contributed by atoms with Gasteiger partial charge >= 0.3 is 6.18 Å². The fraction of sp³-hybridized carbons (Fsp3) is 0.600. The first kappa shape index (κ1) is 19.3. The van der Waals surface area contributed by atoms with Gasteiger partial charge in [0.1, 0.15) is 0 Å². The van der Waals surface area contributed by atoms with Gasteiger partial charge in [0.25, 0.3) is 0 Å². The first-order valence-corrected chi connectivity index (χ1v) is 7.33. The summed E-state index contributed by atoms with van der Waals surface area (Å²) in [7, 11) is 0. The number of rotatable bonds is 8. The largest absolute Gasteiger partial charge is 0.416 e. The molecule has 23 heavy (non-hydrogen) atoms. The van der Waals surface area contributed by atoms with Crippen molar-refractivity contribution in [3.63, 3.8) is 0 Å². The van der Waals surface area contributed by atoms with Crippen LogP contribution in [0.25, 0.3) is 10.4 Å². The van der Waals surface area contributed by atoms with Crippen LogP contribution in [0.1, 0.15) is 25.0 Å². The molecule has 2 N–H and O–H groups in total. The van der Waals surface area contributed by atoms with Crippen molar-refractivity contribution < 1.29 is 18.3 Å². The first-order valence-electron chi connectivity index (χ1n) is 7.33. The average molecular weight is 330 g/mol. The molecule has 0 aliphatic rings. The quantitative estimate of drug-likeness (QED) is 0.434. The maximum Gasteiger partial charge on any atom is 0.416 e. The van der Waals surface area contributed by atoms with E-state index in [0.29, 0.717) is 18.0 Å². The van der Waals surface area contributed by atoms with Crippen molar-refractivity contribution in [1.29, 1.82) is 0 Å². The molecule has 8 heteroatoms. The van der Waals surface area contributed by atoms with Crippen LogP contribution >= 0.6 is 0 Å². The first-order chi connectivity index (χ1) is 10.7. The van der Waals surface area contributed by atoms with Crippen molar-refractivity contribution in [2.45, 2.75) is 38.6 Å². The molecule has 2 atom stereocenters. The van der Waals surface area contributed by atoms with Gasteiger partial charge in [-0.25, -0.2) is 0 Å². The fourth-order valence-corrected chi connectivity index (χ4v) is 2.09. The zero-order valence-electron chi connectivity index (χ0n) is 13.1. The normalized spacial score (nSPS) is 14.4. The van der Waals surface area contributed by atoms with E-state index in [1.54, 1.807) is 0 Å². The van der Waals surface area contributed by atoms with Crippen molar-refractivity contribution in [1.82, 2.24) is 5.32 Å². The lowest BCUT2D eigenvalue weighted by Crippen LogP contribution is -2.37. The number of azide groups is 1. The zero-order valence-corrected chi connectivity index (χ0v) is 13.1. The standard InChI is InChI=1S/C15H21F3N4O/c1-10(2)8-20-9-14(23)13(21-22-19)7-11-4-3-5-12(6-11)15(16,17)18/h3-6,10,13-14,20,23H,7-9H2,1-2H3. The van der Waals surface area contributed by atoms with Gasteiger partial charge in [-0.3, -0.25) is 0 Å². The number of hydrogen-bond donors (Lipinski definition) is 2. The lowest BCUT2D eigenvalue weighted by molar-refractivity contribution is -0.137. The second-order valence-electron chi connectivity index (χ2n) is 5.79. The highest BCUT2D eigenvalue weighted by Gasteiger charge is 2.30. The van der Waals surface area contributed by atoms with Gasteiger partial charge in [-0.15, -0.1) is 0 Å². The number of aliphatic hydroxyl groups excluding tert-OH is 1. The van der Waals surface area contributed by atoms with Crippen LogP contribution in [0, 0.1) is 5.92 Å². The smallest absolute Gasteiger partial charge is 0.391 e. The Balaban J connectivity index is 2.77. The highest BCUT2D eigenvalue weighted by Crippen LogP contribution is 2.30. The summed E-state index contributed by atoms with van der Waals surface area (Å²) in [4.78, 5) is 2.68. The lowest BCUT2D eigenvalue weighted by atomic mass is 10.00. The van der Waals surface area contributed by atoms with Gasteiger partial charge in [0.2, 0.25) is 0 Å². The number of benzene rings is 1. The summed E-state index contributed by atoms with van der Waals surface area (Å²) in [6.45, 7) is 4.91. The predicted octanol–water partition coefficient (Wildman–Crippen LogP) is 3.53. The van der Waals surface area contributed by atoms with Crippen LogP contribution in [0.5, 0.6) is 0 Å². The third-order valence-corrected chi connectivity index (χ3v) is 3.25. The number of halogens is 3. The monoisotopic (exact) mass is 330 g/mol. The second-order valence-corrected chi connectivity index (χ2v) is 5.79. The van der Waals surface area contributed by atoms with Crippen molar-refractivity contribution >= 4 is 0 Å². The maximum absolute atomic E-state index is 12.7. The van der Waals surface area contributed by atoms with Crippen LogP contribution in [-0.4, -0.2) is 30.3 Å². The third-order valence-electron chi connectivity index (χ3n) is 3.25. The van der Waals surface area contributed by atoms with Gasteiger partial charge in [0.05, 0.1) is 17.7 Å². The molecule has 0 amide bonds. The molecule has 0 saturated heterocycles. The Kier molecular flexibility index (Phi) is 7.35. The Hall–Kier alpha value is -1.76. The van der Waals surface area contributed by atoms with E-state index < -0.39 is 23.9 Å². The SMILES string of the molecule is CC(C)CNCC(O)C(Cc1cccc(C(F)(F)F)c1)N=[N+]=[N-]. The molecule has 1 rings (SSSR count). The molecule has 0 fully saturated rings. The Morgan fingerprint density at radius 2 is 2.00 bits per heavy atom. The minimum atomic E-state index is -4.43. The summed E-state index contributed by atoms with van der Waals surface area (Å²) in [5.41, 5.74) is 8.21. The second kappa shape index (κ2) is 8.76. The molecular weight excluding hydrogens is 309 g/mol. The van der Waals surface area contributed by atoms with E-state index in [2.05, 4.69) is 15.3 Å². The minimum Gasteiger partial charge on any atom is -0.391 e. The summed E-state index contributed by atoms with van der Waals surface area (Å²) in [5, 5.41) is 16.6. The number of alkyl halides is 3. The minimum absolute atomic E-state index is 0.0402. The van der Waals surface area contributed by atoms with E-state index in [9.17, 15) is 18.3 Å². The Morgan fingerprint density at radius 3 is 2.57 bits per heavy atom. The summed E-state index contributed by atoms with van der Waals surface area (Å²) in [6, 6.07) is 3.97. The van der Waals surface area contributed by atoms with Crippen LogP contribution < -0.4 is 5.32 Å². The molecule has 1 aromatic rings. The Bertz CT molecular complexity index is 542. The molecule has 0 bridgehead atoms. The van der Waals surface area contributed by atoms with Crippen LogP contribution in [0.3, 0.4) is 0 Å². The van der Waals surface area contributed by atoms with Gasteiger partial charge in [-0.1, -0.05) is 37.2 Å². The van der Waals surface area contributed by atoms with Gasteiger partial charge in [0, 0.05) is 11.5 Å². The van der Waals surface area contributed by atoms with E-state index >= 15 is 0 Å².